The van der Waals surface area contributed by atoms with Crippen LogP contribution in [0.5, 0.6) is 0 Å². The maximum absolute atomic E-state index is 5.66. The molecule has 0 saturated carbocycles. The fraction of sp³-hybridized carbons (Fsp3) is 0.167. The Kier molecular flexibility index (Phi) is 1.58. The average Bonchev–Trinajstić information content (AvgIpc) is 2.46. The van der Waals surface area contributed by atoms with Crippen molar-refractivity contribution in [1.29, 1.82) is 0 Å². The first-order chi connectivity index (χ1) is 5.81. The lowest BCUT2D eigenvalue weighted by atomic mass is 10.5. The molecule has 0 bridgehead atoms. The Balaban J connectivity index is 2.75. The maximum atomic E-state index is 5.66. The van der Waals surface area contributed by atoms with Crippen molar-refractivity contribution in [3.8, 4) is 0 Å². The Labute approximate surface area is 73.2 Å². The molecule has 5 nitrogen and oxygen atoms in total. The Morgan fingerprint density at radius 2 is 2.42 bits per heavy atom. The fourth-order valence-corrected chi connectivity index (χ4v) is 1.08. The van der Waals surface area contributed by atoms with E-state index in [4.69, 9.17) is 11.6 Å². The summed E-state index contributed by atoms with van der Waals surface area (Å²) in [7, 11) is 1.76. The van der Waals surface area contributed by atoms with Crippen LogP contribution in [0.2, 0.25) is 5.15 Å². The van der Waals surface area contributed by atoms with Crippen molar-refractivity contribution in [2.45, 2.75) is 0 Å². The van der Waals surface area contributed by atoms with E-state index in [2.05, 4.69) is 25.5 Å². The summed E-state index contributed by atoms with van der Waals surface area (Å²) in [5.74, 6) is 0.653. The van der Waals surface area contributed by atoms with Gasteiger partial charge in [0.15, 0.2) is 17.0 Å². The monoisotopic (exact) mass is 183 g/mol. The van der Waals surface area contributed by atoms with Crippen molar-refractivity contribution in [3.05, 3.63) is 11.3 Å². The molecule has 0 unspecified atom stereocenters. The van der Waals surface area contributed by atoms with Gasteiger partial charge in [-0.05, 0) is 0 Å². The Hall–Kier alpha value is -1.36. The average molecular weight is 184 g/mol. The SMILES string of the molecule is CNc1n[nH]c2ncc(Cl)nc12. The minimum atomic E-state index is 0.361. The fourth-order valence-electron chi connectivity index (χ4n) is 0.951. The van der Waals surface area contributed by atoms with Gasteiger partial charge in [-0.25, -0.2) is 9.97 Å². The van der Waals surface area contributed by atoms with Crippen molar-refractivity contribution in [2.24, 2.45) is 0 Å². The van der Waals surface area contributed by atoms with E-state index >= 15 is 0 Å². The Bertz CT molecular complexity index is 409. The summed E-state index contributed by atoms with van der Waals surface area (Å²) in [4.78, 5) is 8.05. The molecule has 6 heteroatoms. The summed E-state index contributed by atoms with van der Waals surface area (Å²) >= 11 is 5.66. The maximum Gasteiger partial charge on any atom is 0.176 e. The zero-order valence-corrected chi connectivity index (χ0v) is 7.05. The second kappa shape index (κ2) is 2.60. The van der Waals surface area contributed by atoms with Crippen LogP contribution in [-0.4, -0.2) is 27.2 Å². The molecule has 0 amide bonds. The number of fused-ring (bicyclic) bond motifs is 1. The first-order valence-corrected chi connectivity index (χ1v) is 3.73. The quantitative estimate of drug-likeness (QED) is 0.694. The molecule has 2 rings (SSSR count). The highest BCUT2D eigenvalue weighted by Crippen LogP contribution is 2.16. The van der Waals surface area contributed by atoms with Crippen LogP contribution in [-0.2, 0) is 0 Å². The van der Waals surface area contributed by atoms with Gasteiger partial charge >= 0.3 is 0 Å². The van der Waals surface area contributed by atoms with Crippen LogP contribution in [0.3, 0.4) is 0 Å². The molecule has 0 aromatic carbocycles. The van der Waals surface area contributed by atoms with Crippen LogP contribution < -0.4 is 5.32 Å². The summed E-state index contributed by atoms with van der Waals surface area (Å²) in [5.41, 5.74) is 1.29. The third-order valence-corrected chi connectivity index (χ3v) is 1.66. The molecule has 0 saturated heterocycles. The molecule has 0 radical (unpaired) electrons. The third kappa shape index (κ3) is 0.984. The molecular weight excluding hydrogens is 178 g/mol. The van der Waals surface area contributed by atoms with E-state index in [9.17, 15) is 0 Å². The van der Waals surface area contributed by atoms with Crippen LogP contribution in [0.4, 0.5) is 5.82 Å². The van der Waals surface area contributed by atoms with Gasteiger partial charge in [0.25, 0.3) is 0 Å². The van der Waals surface area contributed by atoms with Gasteiger partial charge in [0.1, 0.15) is 5.15 Å². The number of H-pyrrole nitrogens is 1. The van der Waals surface area contributed by atoms with Crippen molar-refractivity contribution in [2.75, 3.05) is 12.4 Å². The first-order valence-electron chi connectivity index (χ1n) is 3.35. The highest BCUT2D eigenvalue weighted by molar-refractivity contribution is 6.29. The van der Waals surface area contributed by atoms with Gasteiger partial charge in [-0.15, -0.1) is 0 Å². The summed E-state index contributed by atoms with van der Waals surface area (Å²) < 4.78 is 0. The molecule has 2 N–H and O–H groups in total. The Morgan fingerprint density at radius 1 is 1.58 bits per heavy atom. The largest absolute Gasteiger partial charge is 0.370 e. The van der Waals surface area contributed by atoms with Crippen LogP contribution in [0.15, 0.2) is 6.20 Å². The lowest BCUT2D eigenvalue weighted by Gasteiger charge is -1.92. The molecule has 0 aliphatic rings. The van der Waals surface area contributed by atoms with Crippen LogP contribution in [0, 0.1) is 0 Å². The Morgan fingerprint density at radius 3 is 3.17 bits per heavy atom. The summed E-state index contributed by atoms with van der Waals surface area (Å²) in [6.07, 6.45) is 1.47. The van der Waals surface area contributed by atoms with Gasteiger partial charge in [-0.1, -0.05) is 11.6 Å². The minimum Gasteiger partial charge on any atom is -0.370 e. The molecule has 0 aliphatic carbocycles. The van der Waals surface area contributed by atoms with Crippen LogP contribution in [0.1, 0.15) is 0 Å². The predicted molar refractivity (Wildman–Crippen MR) is 46.2 cm³/mol. The van der Waals surface area contributed by atoms with Gasteiger partial charge in [-0.3, -0.25) is 5.10 Å². The number of nitrogens with one attached hydrogen (secondary N) is 2. The number of hydrogen-bond donors (Lipinski definition) is 2. The van der Waals surface area contributed by atoms with E-state index < -0.39 is 0 Å². The minimum absolute atomic E-state index is 0.361. The van der Waals surface area contributed by atoms with Gasteiger partial charge < -0.3 is 5.32 Å². The van der Waals surface area contributed by atoms with E-state index in [1.165, 1.54) is 6.20 Å². The first kappa shape index (κ1) is 7.30. The van der Waals surface area contributed by atoms with Crippen molar-refractivity contribution >= 4 is 28.6 Å². The van der Waals surface area contributed by atoms with Gasteiger partial charge in [-0.2, -0.15) is 5.10 Å². The van der Waals surface area contributed by atoms with E-state index in [1.807, 2.05) is 0 Å². The number of hydrogen-bond acceptors (Lipinski definition) is 4. The smallest absolute Gasteiger partial charge is 0.176 e. The molecule has 2 aromatic rings. The number of anilines is 1. The number of nitrogens with zero attached hydrogens (tertiary/aromatic N) is 3. The summed E-state index contributed by atoms with van der Waals surface area (Å²) in [6.45, 7) is 0. The van der Waals surface area contributed by atoms with Gasteiger partial charge in [0.2, 0.25) is 0 Å². The number of aromatic nitrogens is 4. The van der Waals surface area contributed by atoms with E-state index in [0.29, 0.717) is 22.1 Å². The highest BCUT2D eigenvalue weighted by Gasteiger charge is 2.05. The van der Waals surface area contributed by atoms with E-state index in [-0.39, 0.29) is 0 Å². The molecule has 0 atom stereocenters. The summed E-state index contributed by atoms with van der Waals surface area (Å²) in [6, 6.07) is 0. The molecule has 12 heavy (non-hydrogen) atoms. The lowest BCUT2D eigenvalue weighted by Crippen LogP contribution is -1.89. The normalized spacial score (nSPS) is 10.5. The highest BCUT2D eigenvalue weighted by atomic mass is 35.5. The second-order valence-corrected chi connectivity index (χ2v) is 2.60. The zero-order chi connectivity index (χ0) is 8.55. The molecule has 62 valence electrons. The van der Waals surface area contributed by atoms with E-state index in [1.54, 1.807) is 7.05 Å². The molecule has 2 heterocycles. The summed E-state index contributed by atoms with van der Waals surface area (Å²) in [5, 5.41) is 9.89. The molecular formula is C6H6ClN5. The van der Waals surface area contributed by atoms with Crippen LogP contribution in [0.25, 0.3) is 11.2 Å². The van der Waals surface area contributed by atoms with E-state index in [0.717, 1.165) is 0 Å². The van der Waals surface area contributed by atoms with Gasteiger partial charge in [0, 0.05) is 7.05 Å². The number of rotatable bonds is 1. The zero-order valence-electron chi connectivity index (χ0n) is 6.30. The molecule has 0 fully saturated rings. The molecule has 0 spiro atoms. The van der Waals surface area contributed by atoms with Crippen molar-refractivity contribution < 1.29 is 0 Å². The van der Waals surface area contributed by atoms with Gasteiger partial charge in [0.05, 0.1) is 6.20 Å². The topological polar surface area (TPSA) is 66.5 Å². The third-order valence-electron chi connectivity index (χ3n) is 1.48. The predicted octanol–water partition coefficient (Wildman–Crippen LogP) is 1.05. The molecule has 0 aliphatic heterocycles. The lowest BCUT2D eigenvalue weighted by molar-refractivity contribution is 1.09. The molecule has 2 aromatic heterocycles. The van der Waals surface area contributed by atoms with Crippen molar-refractivity contribution in [1.82, 2.24) is 20.2 Å². The number of aromatic amines is 1. The van der Waals surface area contributed by atoms with Crippen molar-refractivity contribution in [3.63, 3.8) is 0 Å². The van der Waals surface area contributed by atoms with Crippen LogP contribution >= 0.6 is 11.6 Å². The second-order valence-electron chi connectivity index (χ2n) is 2.21. The standard InChI is InChI=1S/C6H6ClN5/c1-8-5-4-6(12-11-5)9-2-3(7)10-4/h2H,1H3,(H2,8,9,11,12). The number of halogens is 1.